The summed E-state index contributed by atoms with van der Waals surface area (Å²) in [6.07, 6.45) is 6.77. The Bertz CT molecular complexity index is 595. The van der Waals surface area contributed by atoms with Crippen LogP contribution in [0, 0.1) is 0 Å². The third-order valence-electron chi connectivity index (χ3n) is 3.93. The van der Waals surface area contributed by atoms with E-state index in [2.05, 4.69) is 34.6 Å². The van der Waals surface area contributed by atoms with Gasteiger partial charge in [-0.15, -0.1) is 0 Å². The number of carbonyl (C=O) groups is 1. The predicted octanol–water partition coefficient (Wildman–Crippen LogP) is 2.93. The van der Waals surface area contributed by atoms with Crippen LogP contribution in [0.5, 0.6) is 0 Å². The molecule has 0 fully saturated rings. The molecule has 1 aromatic carbocycles. The van der Waals surface area contributed by atoms with Crippen molar-refractivity contribution in [2.45, 2.75) is 25.2 Å². The first-order valence-electron chi connectivity index (χ1n) is 7.10. The fourth-order valence-corrected chi connectivity index (χ4v) is 2.88. The second-order valence-corrected chi connectivity index (χ2v) is 5.24. The molecule has 1 amide bonds. The van der Waals surface area contributed by atoms with Crippen LogP contribution in [-0.2, 0) is 6.42 Å². The van der Waals surface area contributed by atoms with Crippen molar-refractivity contribution in [3.8, 4) is 0 Å². The Kier molecular flexibility index (Phi) is 3.77. The van der Waals surface area contributed by atoms with Gasteiger partial charge in [-0.2, -0.15) is 0 Å². The summed E-state index contributed by atoms with van der Waals surface area (Å²) >= 11 is 0. The second kappa shape index (κ2) is 5.87. The molecule has 102 valence electrons. The van der Waals surface area contributed by atoms with E-state index in [0.29, 0.717) is 18.0 Å². The molecule has 1 aromatic heterocycles. The summed E-state index contributed by atoms with van der Waals surface area (Å²) in [6.45, 7) is 0.699. The van der Waals surface area contributed by atoms with E-state index in [4.69, 9.17) is 0 Å². The molecule has 0 saturated heterocycles. The minimum atomic E-state index is -0.0406. The molecule has 20 heavy (non-hydrogen) atoms. The number of pyridine rings is 1. The Balaban J connectivity index is 1.67. The van der Waals surface area contributed by atoms with Gasteiger partial charge < -0.3 is 5.32 Å². The molecule has 3 heteroatoms. The molecule has 2 aromatic rings. The van der Waals surface area contributed by atoms with Crippen molar-refractivity contribution in [1.82, 2.24) is 10.3 Å². The molecule has 1 heterocycles. The zero-order valence-electron chi connectivity index (χ0n) is 11.4. The summed E-state index contributed by atoms with van der Waals surface area (Å²) in [5, 5.41) is 3.03. The summed E-state index contributed by atoms with van der Waals surface area (Å²) in [5.74, 6) is 0.390. The second-order valence-electron chi connectivity index (χ2n) is 5.24. The molecule has 1 aliphatic rings. The van der Waals surface area contributed by atoms with Crippen LogP contribution in [0.2, 0.25) is 0 Å². The van der Waals surface area contributed by atoms with Gasteiger partial charge in [0, 0.05) is 24.9 Å². The Morgan fingerprint density at radius 1 is 1.25 bits per heavy atom. The van der Waals surface area contributed by atoms with E-state index in [1.165, 1.54) is 17.5 Å². The minimum absolute atomic E-state index is 0.0406. The summed E-state index contributed by atoms with van der Waals surface area (Å²) in [4.78, 5) is 16.0. The molecular weight excluding hydrogens is 248 g/mol. The van der Waals surface area contributed by atoms with E-state index >= 15 is 0 Å². The lowest BCUT2D eigenvalue weighted by Crippen LogP contribution is -2.30. The number of rotatable bonds is 3. The highest BCUT2D eigenvalue weighted by atomic mass is 16.1. The van der Waals surface area contributed by atoms with Crippen molar-refractivity contribution < 1.29 is 4.79 Å². The van der Waals surface area contributed by atoms with E-state index in [-0.39, 0.29) is 5.91 Å². The number of amides is 1. The van der Waals surface area contributed by atoms with Crippen molar-refractivity contribution in [3.05, 3.63) is 65.5 Å². The van der Waals surface area contributed by atoms with Gasteiger partial charge in [-0.05, 0) is 42.5 Å². The van der Waals surface area contributed by atoms with Crippen LogP contribution >= 0.6 is 0 Å². The maximum atomic E-state index is 12.0. The fourth-order valence-electron chi connectivity index (χ4n) is 2.88. The van der Waals surface area contributed by atoms with E-state index in [9.17, 15) is 4.79 Å². The summed E-state index contributed by atoms with van der Waals surface area (Å²) in [5.41, 5.74) is 3.45. The van der Waals surface area contributed by atoms with E-state index < -0.39 is 0 Å². The normalized spacial score (nSPS) is 17.3. The third kappa shape index (κ3) is 2.72. The van der Waals surface area contributed by atoms with Gasteiger partial charge in [-0.25, -0.2) is 0 Å². The summed E-state index contributed by atoms with van der Waals surface area (Å²) in [7, 11) is 0. The first-order chi connectivity index (χ1) is 9.84. The Morgan fingerprint density at radius 2 is 2.15 bits per heavy atom. The predicted molar refractivity (Wildman–Crippen MR) is 78.7 cm³/mol. The van der Waals surface area contributed by atoms with Gasteiger partial charge in [-0.3, -0.25) is 9.78 Å². The number of benzene rings is 1. The molecule has 1 unspecified atom stereocenters. The smallest absolute Gasteiger partial charge is 0.252 e. The molecule has 0 radical (unpaired) electrons. The van der Waals surface area contributed by atoms with Crippen molar-refractivity contribution in [1.29, 1.82) is 0 Å². The molecule has 3 rings (SSSR count). The topological polar surface area (TPSA) is 42.0 Å². The van der Waals surface area contributed by atoms with Crippen LogP contribution < -0.4 is 5.32 Å². The number of hydrogen-bond acceptors (Lipinski definition) is 2. The number of nitrogens with zero attached hydrogens (tertiary/aromatic N) is 1. The van der Waals surface area contributed by atoms with E-state index in [1.807, 2.05) is 0 Å². The zero-order chi connectivity index (χ0) is 13.8. The van der Waals surface area contributed by atoms with Gasteiger partial charge in [0.05, 0.1) is 5.56 Å². The average Bonchev–Trinajstić information content (AvgIpc) is 2.53. The highest BCUT2D eigenvalue weighted by Crippen LogP contribution is 2.30. The Morgan fingerprint density at radius 3 is 3.00 bits per heavy atom. The van der Waals surface area contributed by atoms with Crippen molar-refractivity contribution >= 4 is 5.91 Å². The lowest BCUT2D eigenvalue weighted by molar-refractivity contribution is 0.0950. The highest BCUT2D eigenvalue weighted by molar-refractivity contribution is 5.93. The number of fused-ring (bicyclic) bond motifs is 1. The molecule has 1 N–H and O–H groups in total. The minimum Gasteiger partial charge on any atom is -0.351 e. The van der Waals surface area contributed by atoms with Crippen molar-refractivity contribution in [2.75, 3.05) is 6.54 Å². The van der Waals surface area contributed by atoms with Crippen LogP contribution in [0.4, 0.5) is 0 Å². The third-order valence-corrected chi connectivity index (χ3v) is 3.93. The number of carbonyl (C=O) groups excluding carboxylic acids is 1. The molecule has 0 spiro atoms. The van der Waals surface area contributed by atoms with Crippen LogP contribution in [0.25, 0.3) is 0 Å². The van der Waals surface area contributed by atoms with Crippen LogP contribution in [0.3, 0.4) is 0 Å². The van der Waals surface area contributed by atoms with Crippen LogP contribution in [0.1, 0.15) is 40.2 Å². The average molecular weight is 266 g/mol. The van der Waals surface area contributed by atoms with Gasteiger partial charge >= 0.3 is 0 Å². The number of aryl methyl sites for hydroxylation is 1. The maximum Gasteiger partial charge on any atom is 0.252 e. The van der Waals surface area contributed by atoms with Crippen molar-refractivity contribution in [2.24, 2.45) is 0 Å². The van der Waals surface area contributed by atoms with Gasteiger partial charge in [0.15, 0.2) is 0 Å². The van der Waals surface area contributed by atoms with Crippen LogP contribution in [-0.4, -0.2) is 17.4 Å². The monoisotopic (exact) mass is 266 g/mol. The molecular formula is C17H18N2O. The fraction of sp³-hybridized carbons (Fsp3) is 0.294. The molecule has 1 aliphatic carbocycles. The quantitative estimate of drug-likeness (QED) is 0.928. The Labute approximate surface area is 119 Å². The van der Waals surface area contributed by atoms with Gasteiger partial charge in [0.1, 0.15) is 0 Å². The summed E-state index contributed by atoms with van der Waals surface area (Å²) < 4.78 is 0. The van der Waals surface area contributed by atoms with E-state index in [1.54, 1.807) is 24.5 Å². The number of nitrogens with one attached hydrogen (secondary N) is 1. The lowest BCUT2D eigenvalue weighted by atomic mass is 9.83. The number of aromatic nitrogens is 1. The number of hydrogen-bond donors (Lipinski definition) is 1. The Hall–Kier alpha value is -2.16. The van der Waals surface area contributed by atoms with Gasteiger partial charge in [-0.1, -0.05) is 24.3 Å². The summed E-state index contributed by atoms with van der Waals surface area (Å²) in [6, 6.07) is 12.1. The molecule has 0 aliphatic heterocycles. The van der Waals surface area contributed by atoms with Crippen molar-refractivity contribution in [3.63, 3.8) is 0 Å². The van der Waals surface area contributed by atoms with E-state index in [0.717, 1.165) is 12.8 Å². The van der Waals surface area contributed by atoms with Gasteiger partial charge in [0.2, 0.25) is 0 Å². The van der Waals surface area contributed by atoms with Gasteiger partial charge in [0.25, 0.3) is 5.91 Å². The molecule has 1 atom stereocenters. The molecule has 3 nitrogen and oxygen atoms in total. The highest BCUT2D eigenvalue weighted by Gasteiger charge is 2.20. The standard InChI is InChI=1S/C17H18N2O/c20-17(15-8-4-10-18-11-15)19-12-14-7-3-6-13-5-1-2-9-16(13)14/h1-2,4-5,8-11,14H,3,6-7,12H2,(H,19,20). The molecule has 0 bridgehead atoms. The zero-order valence-corrected chi connectivity index (χ0v) is 11.4. The largest absolute Gasteiger partial charge is 0.351 e. The van der Waals surface area contributed by atoms with Crippen LogP contribution in [0.15, 0.2) is 48.8 Å². The first kappa shape index (κ1) is 12.9. The first-order valence-corrected chi connectivity index (χ1v) is 7.10. The lowest BCUT2D eigenvalue weighted by Gasteiger charge is -2.25. The maximum absolute atomic E-state index is 12.0. The SMILES string of the molecule is O=C(NCC1CCCc2ccccc21)c1cccnc1. The molecule has 0 saturated carbocycles.